The Labute approximate surface area is 189 Å². The second kappa shape index (κ2) is 11.3. The third kappa shape index (κ3) is 8.06. The largest absolute Gasteiger partial charge is 0.480 e. The first kappa shape index (κ1) is 24.9. The van der Waals surface area contributed by atoms with Crippen LogP contribution in [0.5, 0.6) is 0 Å². The third-order valence-corrected chi connectivity index (χ3v) is 4.71. The van der Waals surface area contributed by atoms with Gasteiger partial charge in [-0.3, -0.25) is 4.79 Å². The summed E-state index contributed by atoms with van der Waals surface area (Å²) in [5, 5.41) is 14.1. The van der Waals surface area contributed by atoms with E-state index in [-0.39, 0.29) is 6.54 Å². The van der Waals surface area contributed by atoms with E-state index in [9.17, 15) is 19.5 Å². The van der Waals surface area contributed by atoms with Gasteiger partial charge < -0.3 is 20.5 Å². The molecule has 172 valence electrons. The van der Waals surface area contributed by atoms with Crippen LogP contribution in [0.1, 0.15) is 56.5 Å². The number of carboxylic acid groups (broad SMARTS) is 1. The Balaban J connectivity index is 1.95. The fourth-order valence-corrected chi connectivity index (χ4v) is 3.01. The molecule has 0 aliphatic rings. The number of carboxylic acids is 1. The summed E-state index contributed by atoms with van der Waals surface area (Å²) in [4.78, 5) is 35.7. The highest BCUT2D eigenvalue weighted by Crippen LogP contribution is 2.21. The van der Waals surface area contributed by atoms with Crippen LogP contribution in [0.4, 0.5) is 4.79 Å². The molecule has 0 radical (unpaired) electrons. The molecule has 2 rings (SSSR count). The maximum atomic E-state index is 12.4. The minimum atomic E-state index is -1.31. The van der Waals surface area contributed by atoms with Crippen molar-refractivity contribution in [2.75, 3.05) is 6.54 Å². The number of aryl methyl sites for hydroxylation is 1. The molecule has 0 fully saturated rings. The second-order valence-corrected chi connectivity index (χ2v) is 8.62. The number of benzene rings is 2. The molecule has 0 bridgehead atoms. The molecular weight excluding hydrogens is 408 g/mol. The monoisotopic (exact) mass is 440 g/mol. The summed E-state index contributed by atoms with van der Waals surface area (Å²) in [5.74, 6) is -1.70. The summed E-state index contributed by atoms with van der Waals surface area (Å²) in [5.41, 5.74) is 2.99. The first-order valence-corrected chi connectivity index (χ1v) is 10.8. The summed E-state index contributed by atoms with van der Waals surface area (Å²) in [6, 6.07) is 14.1. The molecule has 0 saturated heterocycles. The van der Waals surface area contributed by atoms with E-state index in [4.69, 9.17) is 4.74 Å². The van der Waals surface area contributed by atoms with Crippen LogP contribution in [-0.2, 0) is 16.0 Å². The Bertz CT molecular complexity index is 915. The molecule has 0 unspecified atom stereocenters. The van der Waals surface area contributed by atoms with Gasteiger partial charge in [0.1, 0.15) is 11.6 Å². The van der Waals surface area contributed by atoms with Gasteiger partial charge in [-0.05, 0) is 62.4 Å². The fourth-order valence-electron chi connectivity index (χ4n) is 3.01. The number of ether oxygens (including phenoxy) is 1. The quantitative estimate of drug-likeness (QED) is 0.536. The molecule has 2 aromatic rings. The van der Waals surface area contributed by atoms with Gasteiger partial charge in [-0.15, -0.1) is 0 Å². The minimum Gasteiger partial charge on any atom is -0.480 e. The molecule has 7 nitrogen and oxygen atoms in total. The maximum absolute atomic E-state index is 12.4. The van der Waals surface area contributed by atoms with E-state index in [0.717, 1.165) is 24.0 Å². The van der Waals surface area contributed by atoms with Gasteiger partial charge in [-0.25, -0.2) is 9.59 Å². The van der Waals surface area contributed by atoms with E-state index in [2.05, 4.69) is 41.8 Å². The van der Waals surface area contributed by atoms with Gasteiger partial charge in [0, 0.05) is 12.1 Å². The molecule has 7 heteroatoms. The van der Waals surface area contributed by atoms with Crippen LogP contribution >= 0.6 is 0 Å². The molecule has 0 heterocycles. The highest BCUT2D eigenvalue weighted by atomic mass is 16.6. The number of nitrogens with one attached hydrogen (secondary N) is 2. The van der Waals surface area contributed by atoms with Crippen LogP contribution in [0.2, 0.25) is 0 Å². The van der Waals surface area contributed by atoms with Crippen LogP contribution < -0.4 is 10.6 Å². The standard InChI is InChI=1S/C25H32N2O5/c1-5-6-7-17-8-10-18(11-9-17)19-12-14-20(15-13-19)22(28)26-16-21(23(29)30)27-24(31)32-25(2,3)4/h8-15,21H,5-7,16H2,1-4H3,(H,26,28)(H,27,31)(H,29,30)/t21-/m1/s1. The van der Waals surface area contributed by atoms with Crippen molar-refractivity contribution in [2.45, 2.75) is 58.6 Å². The predicted molar refractivity (Wildman–Crippen MR) is 124 cm³/mol. The van der Waals surface area contributed by atoms with E-state index in [1.165, 1.54) is 12.0 Å². The van der Waals surface area contributed by atoms with E-state index >= 15 is 0 Å². The Morgan fingerprint density at radius 2 is 1.53 bits per heavy atom. The summed E-state index contributed by atoms with van der Waals surface area (Å²) in [6.07, 6.45) is 2.54. The molecule has 0 aliphatic heterocycles. The lowest BCUT2D eigenvalue weighted by Gasteiger charge is -2.22. The van der Waals surface area contributed by atoms with Gasteiger partial charge in [-0.1, -0.05) is 49.7 Å². The lowest BCUT2D eigenvalue weighted by molar-refractivity contribution is -0.139. The van der Waals surface area contributed by atoms with Gasteiger partial charge in [-0.2, -0.15) is 0 Å². The van der Waals surface area contributed by atoms with E-state index in [1.54, 1.807) is 32.9 Å². The molecular formula is C25H32N2O5. The van der Waals surface area contributed by atoms with Crippen LogP contribution in [-0.4, -0.2) is 41.3 Å². The topological polar surface area (TPSA) is 105 Å². The van der Waals surface area contributed by atoms with Gasteiger partial charge in [0.15, 0.2) is 0 Å². The number of aliphatic carboxylic acids is 1. The number of rotatable bonds is 9. The van der Waals surface area contributed by atoms with Crippen LogP contribution in [0, 0.1) is 0 Å². The van der Waals surface area contributed by atoms with Crippen LogP contribution in [0.15, 0.2) is 48.5 Å². The SMILES string of the molecule is CCCCc1ccc(-c2ccc(C(=O)NC[C@@H](NC(=O)OC(C)(C)C)C(=O)O)cc2)cc1. The molecule has 1 atom stereocenters. The Hall–Kier alpha value is -3.35. The average Bonchev–Trinajstić information content (AvgIpc) is 2.74. The molecule has 2 amide bonds. The average molecular weight is 441 g/mol. The normalized spacial score (nSPS) is 12.0. The van der Waals surface area contributed by atoms with E-state index < -0.39 is 29.6 Å². The molecule has 0 saturated carbocycles. The van der Waals surface area contributed by atoms with Crippen molar-refractivity contribution < 1.29 is 24.2 Å². The van der Waals surface area contributed by atoms with Crippen molar-refractivity contribution in [2.24, 2.45) is 0 Å². The minimum absolute atomic E-state index is 0.269. The summed E-state index contributed by atoms with van der Waals surface area (Å²) >= 11 is 0. The number of alkyl carbamates (subject to hydrolysis) is 1. The first-order chi connectivity index (χ1) is 15.1. The van der Waals surface area contributed by atoms with Crippen molar-refractivity contribution >= 4 is 18.0 Å². The third-order valence-electron chi connectivity index (χ3n) is 4.71. The maximum Gasteiger partial charge on any atom is 0.408 e. The first-order valence-electron chi connectivity index (χ1n) is 10.8. The zero-order chi connectivity index (χ0) is 23.7. The van der Waals surface area contributed by atoms with Crippen molar-refractivity contribution in [3.63, 3.8) is 0 Å². The van der Waals surface area contributed by atoms with E-state index in [0.29, 0.717) is 5.56 Å². The van der Waals surface area contributed by atoms with Crippen LogP contribution in [0.3, 0.4) is 0 Å². The lowest BCUT2D eigenvalue weighted by atomic mass is 10.0. The van der Waals surface area contributed by atoms with Gasteiger partial charge >= 0.3 is 12.1 Å². The Morgan fingerprint density at radius 1 is 0.969 bits per heavy atom. The second-order valence-electron chi connectivity index (χ2n) is 8.62. The Morgan fingerprint density at radius 3 is 2.03 bits per heavy atom. The molecule has 0 aliphatic carbocycles. The summed E-state index contributed by atoms with van der Waals surface area (Å²) in [7, 11) is 0. The number of hydrogen-bond acceptors (Lipinski definition) is 4. The highest BCUT2D eigenvalue weighted by molar-refractivity contribution is 5.95. The number of amides is 2. The lowest BCUT2D eigenvalue weighted by Crippen LogP contribution is -2.49. The molecule has 3 N–H and O–H groups in total. The van der Waals surface area contributed by atoms with Crippen LogP contribution in [0.25, 0.3) is 11.1 Å². The number of carbonyl (C=O) groups excluding carboxylic acids is 2. The zero-order valence-corrected chi connectivity index (χ0v) is 19.1. The number of unbranched alkanes of at least 4 members (excludes halogenated alkanes) is 1. The number of hydrogen-bond donors (Lipinski definition) is 3. The molecule has 32 heavy (non-hydrogen) atoms. The van der Waals surface area contributed by atoms with Crippen molar-refractivity contribution in [3.05, 3.63) is 59.7 Å². The number of carbonyl (C=O) groups is 3. The Kier molecular flexibility index (Phi) is 8.81. The van der Waals surface area contributed by atoms with Gasteiger partial charge in [0.05, 0.1) is 0 Å². The molecule has 2 aromatic carbocycles. The van der Waals surface area contributed by atoms with E-state index in [1.807, 2.05) is 12.1 Å². The summed E-state index contributed by atoms with van der Waals surface area (Å²) < 4.78 is 5.07. The van der Waals surface area contributed by atoms with Crippen molar-refractivity contribution in [1.82, 2.24) is 10.6 Å². The zero-order valence-electron chi connectivity index (χ0n) is 19.1. The van der Waals surface area contributed by atoms with Gasteiger partial charge in [0.2, 0.25) is 0 Å². The molecule has 0 spiro atoms. The smallest absolute Gasteiger partial charge is 0.408 e. The predicted octanol–water partition coefficient (Wildman–Crippen LogP) is 4.40. The highest BCUT2D eigenvalue weighted by Gasteiger charge is 2.24. The van der Waals surface area contributed by atoms with Crippen molar-refractivity contribution in [3.8, 4) is 11.1 Å². The fraction of sp³-hybridized carbons (Fsp3) is 0.400. The summed E-state index contributed by atoms with van der Waals surface area (Å²) in [6.45, 7) is 6.93. The van der Waals surface area contributed by atoms with Gasteiger partial charge in [0.25, 0.3) is 5.91 Å². The molecule has 0 aromatic heterocycles. The van der Waals surface area contributed by atoms with Crippen molar-refractivity contribution in [1.29, 1.82) is 0 Å².